The SMILES string of the molecule is CCCCC/C=C\C/C=C\CCCCCCCCCC(=O)NCCCCN. The molecule has 0 heterocycles. The molecule has 0 aliphatic heterocycles. The topological polar surface area (TPSA) is 55.1 Å². The van der Waals surface area contributed by atoms with Gasteiger partial charge < -0.3 is 11.1 Å². The summed E-state index contributed by atoms with van der Waals surface area (Å²) in [7, 11) is 0. The van der Waals surface area contributed by atoms with Crippen LogP contribution in [-0.4, -0.2) is 19.0 Å². The molecule has 0 atom stereocenters. The van der Waals surface area contributed by atoms with E-state index in [-0.39, 0.29) is 5.91 Å². The number of nitrogens with two attached hydrogens (primary N) is 1. The second kappa shape index (κ2) is 23.0. The van der Waals surface area contributed by atoms with Gasteiger partial charge in [0.2, 0.25) is 5.91 Å². The van der Waals surface area contributed by atoms with Gasteiger partial charge in [-0.15, -0.1) is 0 Å². The third-order valence-corrected chi connectivity index (χ3v) is 4.81. The van der Waals surface area contributed by atoms with Gasteiger partial charge in [0.05, 0.1) is 0 Å². The second-order valence-corrected chi connectivity index (χ2v) is 7.53. The monoisotopic (exact) mass is 378 g/mol. The highest BCUT2D eigenvalue weighted by atomic mass is 16.1. The van der Waals surface area contributed by atoms with E-state index >= 15 is 0 Å². The molecule has 27 heavy (non-hydrogen) atoms. The number of unbranched alkanes of at least 4 members (excludes halogenated alkanes) is 11. The second-order valence-electron chi connectivity index (χ2n) is 7.53. The molecule has 0 aromatic heterocycles. The predicted molar refractivity (Wildman–Crippen MR) is 120 cm³/mol. The maximum Gasteiger partial charge on any atom is 0.219 e. The summed E-state index contributed by atoms with van der Waals surface area (Å²) < 4.78 is 0. The molecule has 0 unspecified atom stereocenters. The molecule has 0 saturated heterocycles. The van der Waals surface area contributed by atoms with Gasteiger partial charge in [-0.2, -0.15) is 0 Å². The maximum absolute atomic E-state index is 11.6. The Morgan fingerprint density at radius 1 is 0.741 bits per heavy atom. The third-order valence-electron chi connectivity index (χ3n) is 4.81. The molecule has 158 valence electrons. The van der Waals surface area contributed by atoms with Gasteiger partial charge >= 0.3 is 0 Å². The lowest BCUT2D eigenvalue weighted by Crippen LogP contribution is -2.24. The van der Waals surface area contributed by atoms with Crippen LogP contribution in [0.4, 0.5) is 0 Å². The fraction of sp³-hybridized carbons (Fsp3) is 0.792. The van der Waals surface area contributed by atoms with E-state index in [9.17, 15) is 4.79 Å². The Bertz CT molecular complexity index is 363. The summed E-state index contributed by atoms with van der Waals surface area (Å²) in [6.07, 6.45) is 28.2. The maximum atomic E-state index is 11.6. The van der Waals surface area contributed by atoms with E-state index in [1.165, 1.54) is 70.6 Å². The molecule has 3 nitrogen and oxygen atoms in total. The zero-order chi connectivity index (χ0) is 19.8. The van der Waals surface area contributed by atoms with Crippen molar-refractivity contribution in [3.63, 3.8) is 0 Å². The lowest BCUT2D eigenvalue weighted by molar-refractivity contribution is -0.121. The molecule has 0 rings (SSSR count). The van der Waals surface area contributed by atoms with Crippen LogP contribution >= 0.6 is 0 Å². The first-order valence-corrected chi connectivity index (χ1v) is 11.6. The van der Waals surface area contributed by atoms with Crippen molar-refractivity contribution in [2.45, 2.75) is 110 Å². The number of hydrogen-bond donors (Lipinski definition) is 2. The molecule has 0 aromatic rings. The Labute approximate surface area is 169 Å². The fourth-order valence-electron chi connectivity index (χ4n) is 3.04. The number of carbonyl (C=O) groups is 1. The lowest BCUT2D eigenvalue weighted by atomic mass is 10.1. The molecule has 1 amide bonds. The Morgan fingerprint density at radius 2 is 1.33 bits per heavy atom. The highest BCUT2D eigenvalue weighted by Gasteiger charge is 2.00. The van der Waals surface area contributed by atoms with Crippen LogP contribution in [0.15, 0.2) is 24.3 Å². The summed E-state index contributed by atoms with van der Waals surface area (Å²) in [4.78, 5) is 11.6. The van der Waals surface area contributed by atoms with Crippen molar-refractivity contribution in [1.82, 2.24) is 5.32 Å². The molecule has 0 bridgehead atoms. The van der Waals surface area contributed by atoms with E-state index in [0.717, 1.165) is 32.2 Å². The van der Waals surface area contributed by atoms with Crippen LogP contribution in [-0.2, 0) is 4.79 Å². The van der Waals surface area contributed by atoms with Crippen molar-refractivity contribution in [1.29, 1.82) is 0 Å². The van der Waals surface area contributed by atoms with Crippen LogP contribution < -0.4 is 11.1 Å². The summed E-state index contributed by atoms with van der Waals surface area (Å²) in [6, 6.07) is 0. The number of rotatable bonds is 20. The first kappa shape index (κ1) is 25.9. The van der Waals surface area contributed by atoms with Crippen molar-refractivity contribution in [2.24, 2.45) is 5.73 Å². The van der Waals surface area contributed by atoms with Gasteiger partial charge in [0, 0.05) is 13.0 Å². The molecular weight excluding hydrogens is 332 g/mol. The van der Waals surface area contributed by atoms with Crippen LogP contribution in [0.5, 0.6) is 0 Å². The van der Waals surface area contributed by atoms with Gasteiger partial charge in [-0.3, -0.25) is 4.79 Å². The van der Waals surface area contributed by atoms with E-state index in [0.29, 0.717) is 13.0 Å². The van der Waals surface area contributed by atoms with E-state index in [2.05, 4.69) is 36.5 Å². The average Bonchev–Trinajstić information content (AvgIpc) is 2.67. The summed E-state index contributed by atoms with van der Waals surface area (Å²) in [6.45, 7) is 3.74. The molecular formula is C24H46N2O. The minimum Gasteiger partial charge on any atom is -0.356 e. The molecule has 0 spiro atoms. The Kier molecular flexibility index (Phi) is 22.0. The van der Waals surface area contributed by atoms with Gasteiger partial charge in [-0.05, 0) is 57.9 Å². The van der Waals surface area contributed by atoms with Crippen molar-refractivity contribution in [2.75, 3.05) is 13.1 Å². The average molecular weight is 379 g/mol. The number of carbonyl (C=O) groups excluding carboxylic acids is 1. The Hall–Kier alpha value is -1.09. The zero-order valence-corrected chi connectivity index (χ0v) is 18.0. The summed E-state index contributed by atoms with van der Waals surface area (Å²) in [5, 5.41) is 2.97. The molecule has 0 radical (unpaired) electrons. The standard InChI is InChI=1S/C24H46N2O/c1-2-3-4-5-6-7-8-9-10-11-12-13-14-15-16-17-18-21-24(27)26-23-20-19-22-25/h6-7,9-10H,2-5,8,11-23,25H2,1H3,(H,26,27)/b7-6-,10-9-. The smallest absolute Gasteiger partial charge is 0.219 e. The minimum absolute atomic E-state index is 0.203. The van der Waals surface area contributed by atoms with E-state index < -0.39 is 0 Å². The van der Waals surface area contributed by atoms with Crippen LogP contribution in [0.25, 0.3) is 0 Å². The van der Waals surface area contributed by atoms with Crippen LogP contribution in [0.3, 0.4) is 0 Å². The fourth-order valence-corrected chi connectivity index (χ4v) is 3.04. The van der Waals surface area contributed by atoms with Gasteiger partial charge in [0.15, 0.2) is 0 Å². The number of hydrogen-bond acceptors (Lipinski definition) is 2. The van der Waals surface area contributed by atoms with Gasteiger partial charge in [-0.25, -0.2) is 0 Å². The number of nitrogens with one attached hydrogen (secondary N) is 1. The predicted octanol–water partition coefficient (Wildman–Crippen LogP) is 6.44. The van der Waals surface area contributed by atoms with Gasteiger partial charge in [0.1, 0.15) is 0 Å². The highest BCUT2D eigenvalue weighted by Crippen LogP contribution is 2.10. The quantitative estimate of drug-likeness (QED) is 0.189. The van der Waals surface area contributed by atoms with E-state index in [1.807, 2.05) is 0 Å². The van der Waals surface area contributed by atoms with E-state index in [4.69, 9.17) is 5.73 Å². The van der Waals surface area contributed by atoms with Gasteiger partial charge in [0.25, 0.3) is 0 Å². The summed E-state index contributed by atoms with van der Waals surface area (Å²) >= 11 is 0. The number of allylic oxidation sites excluding steroid dienone is 4. The van der Waals surface area contributed by atoms with Crippen molar-refractivity contribution in [3.05, 3.63) is 24.3 Å². The third kappa shape index (κ3) is 22.9. The Balaban J connectivity index is 3.22. The first-order chi connectivity index (χ1) is 13.3. The summed E-state index contributed by atoms with van der Waals surface area (Å²) in [5.74, 6) is 0.203. The van der Waals surface area contributed by atoms with Crippen molar-refractivity contribution < 1.29 is 4.79 Å². The largest absolute Gasteiger partial charge is 0.356 e. The van der Waals surface area contributed by atoms with Crippen molar-refractivity contribution >= 4 is 5.91 Å². The lowest BCUT2D eigenvalue weighted by Gasteiger charge is -2.04. The number of amides is 1. The highest BCUT2D eigenvalue weighted by molar-refractivity contribution is 5.75. The normalized spacial score (nSPS) is 11.6. The molecule has 0 aliphatic rings. The van der Waals surface area contributed by atoms with Crippen LogP contribution in [0.2, 0.25) is 0 Å². The van der Waals surface area contributed by atoms with Crippen LogP contribution in [0.1, 0.15) is 110 Å². The Morgan fingerprint density at radius 3 is 1.96 bits per heavy atom. The molecule has 3 heteroatoms. The molecule has 0 saturated carbocycles. The van der Waals surface area contributed by atoms with Crippen molar-refractivity contribution in [3.8, 4) is 0 Å². The molecule has 0 aliphatic carbocycles. The molecule has 0 fully saturated rings. The molecule has 3 N–H and O–H groups in total. The molecule has 0 aromatic carbocycles. The first-order valence-electron chi connectivity index (χ1n) is 11.6. The van der Waals surface area contributed by atoms with E-state index in [1.54, 1.807) is 0 Å². The summed E-state index contributed by atoms with van der Waals surface area (Å²) in [5.41, 5.74) is 5.43. The zero-order valence-electron chi connectivity index (χ0n) is 18.0. The van der Waals surface area contributed by atoms with Gasteiger partial charge in [-0.1, -0.05) is 76.2 Å². The minimum atomic E-state index is 0.203. The van der Waals surface area contributed by atoms with Crippen LogP contribution in [0, 0.1) is 0 Å².